The molecular formula is C21H33BrN2O2. The number of fused-ring (bicyclic) bond motifs is 1. The van der Waals surface area contributed by atoms with Crippen LogP contribution in [0.25, 0.3) is 10.9 Å². The molecule has 26 heavy (non-hydrogen) atoms. The first-order valence-corrected chi connectivity index (χ1v) is 7.07. The van der Waals surface area contributed by atoms with Crippen molar-refractivity contribution in [1.29, 1.82) is 0 Å². The van der Waals surface area contributed by atoms with Gasteiger partial charge in [0.15, 0.2) is 12.4 Å². The van der Waals surface area contributed by atoms with E-state index >= 15 is 0 Å². The normalized spacial score (nSPS) is 8.42. The van der Waals surface area contributed by atoms with Gasteiger partial charge in [-0.1, -0.05) is 40.5 Å². The van der Waals surface area contributed by atoms with Crippen molar-refractivity contribution in [3.05, 3.63) is 66.6 Å². The molecule has 3 rings (SSSR count). The number of aryl methyl sites for hydroxylation is 1. The van der Waals surface area contributed by atoms with E-state index in [1.165, 1.54) is 5.56 Å². The van der Waals surface area contributed by atoms with Gasteiger partial charge in [0.1, 0.15) is 11.3 Å². The smallest absolute Gasteiger partial charge is 0.252 e. The third-order valence-electron chi connectivity index (χ3n) is 3.23. The number of hydrogen-bond acceptors (Lipinski definition) is 3. The Morgan fingerprint density at radius 3 is 2.15 bits per heavy atom. The summed E-state index contributed by atoms with van der Waals surface area (Å²) in [6.07, 6.45) is 5.71. The highest BCUT2D eigenvalue weighted by Crippen LogP contribution is 2.25. The van der Waals surface area contributed by atoms with Crippen molar-refractivity contribution in [1.82, 2.24) is 4.98 Å². The summed E-state index contributed by atoms with van der Waals surface area (Å²) in [5, 5.41) is 1.15. The molecule has 0 aliphatic heterocycles. The molecule has 2 heterocycles. The van der Waals surface area contributed by atoms with E-state index in [2.05, 4.69) is 18.0 Å². The van der Waals surface area contributed by atoms with Crippen molar-refractivity contribution in [2.75, 3.05) is 14.2 Å². The number of nitrogens with zero attached hydrogens (tertiary/aromatic N) is 2. The number of methoxy groups -OCH3 is 2. The molecule has 0 aliphatic carbocycles. The molecular weight excluding hydrogens is 392 g/mol. The van der Waals surface area contributed by atoms with E-state index in [0.717, 1.165) is 16.7 Å². The van der Waals surface area contributed by atoms with Gasteiger partial charge in [0, 0.05) is 30.8 Å². The maximum absolute atomic E-state index is 5.22. The fraction of sp³-hybridized carbons (Fsp3) is 0.333. The van der Waals surface area contributed by atoms with Crippen LogP contribution < -0.4 is 26.3 Å². The Balaban J connectivity index is -0.000000369. The second-order valence-electron chi connectivity index (χ2n) is 4.79. The fourth-order valence-corrected chi connectivity index (χ4v) is 2.12. The Morgan fingerprint density at radius 1 is 0.923 bits per heavy atom. The van der Waals surface area contributed by atoms with Crippen molar-refractivity contribution in [3.63, 3.8) is 0 Å². The topological polar surface area (TPSA) is 35.2 Å². The molecule has 0 saturated heterocycles. The minimum absolute atomic E-state index is 0. The lowest BCUT2D eigenvalue weighted by atomic mass is 10.1. The number of rotatable bonds is 3. The first-order chi connectivity index (χ1) is 10.8. The minimum atomic E-state index is 0. The van der Waals surface area contributed by atoms with Crippen molar-refractivity contribution in [2.45, 2.75) is 35.9 Å². The average molecular weight is 425 g/mol. The van der Waals surface area contributed by atoms with Crippen molar-refractivity contribution < 1.29 is 31.0 Å². The molecule has 0 aliphatic rings. The van der Waals surface area contributed by atoms with Crippen LogP contribution in [0.4, 0.5) is 0 Å². The Bertz CT molecular complexity index is 722. The third kappa shape index (κ3) is 7.93. The summed E-state index contributed by atoms with van der Waals surface area (Å²) in [6.45, 7) is 2.70. The molecule has 146 valence electrons. The predicted molar refractivity (Wildman–Crippen MR) is 107 cm³/mol. The monoisotopic (exact) mass is 424 g/mol. The van der Waals surface area contributed by atoms with Gasteiger partial charge in [-0.2, -0.15) is 4.57 Å². The summed E-state index contributed by atoms with van der Waals surface area (Å²) < 4.78 is 12.1. The van der Waals surface area contributed by atoms with Crippen LogP contribution in [0.5, 0.6) is 5.75 Å². The SMILES string of the molecule is C.C.C.COC[n+]1ccccc1.COc1ccc(C)c2cccnc12.[Br-]. The van der Waals surface area contributed by atoms with E-state index in [1.54, 1.807) is 20.4 Å². The predicted octanol–water partition coefficient (Wildman–Crippen LogP) is 2.04. The highest BCUT2D eigenvalue weighted by atomic mass is 79.9. The number of hydrogen-bond donors (Lipinski definition) is 0. The Hall–Kier alpha value is -1.98. The Morgan fingerprint density at radius 2 is 1.58 bits per heavy atom. The summed E-state index contributed by atoms with van der Waals surface area (Å²) >= 11 is 0. The van der Waals surface area contributed by atoms with E-state index in [1.807, 2.05) is 53.4 Å². The second-order valence-corrected chi connectivity index (χ2v) is 4.79. The van der Waals surface area contributed by atoms with Gasteiger partial charge >= 0.3 is 0 Å². The van der Waals surface area contributed by atoms with Gasteiger partial charge in [-0.25, -0.2) is 0 Å². The van der Waals surface area contributed by atoms with Gasteiger partial charge in [-0.3, -0.25) is 4.98 Å². The van der Waals surface area contributed by atoms with Gasteiger partial charge in [0.25, 0.3) is 6.73 Å². The van der Waals surface area contributed by atoms with Gasteiger partial charge in [0.2, 0.25) is 0 Å². The van der Waals surface area contributed by atoms with Crippen molar-refractivity contribution in [2.24, 2.45) is 0 Å². The van der Waals surface area contributed by atoms with E-state index in [0.29, 0.717) is 6.73 Å². The molecule has 2 aromatic heterocycles. The van der Waals surface area contributed by atoms with Crippen LogP contribution in [0.1, 0.15) is 27.8 Å². The van der Waals surface area contributed by atoms with Crippen LogP contribution in [-0.2, 0) is 11.5 Å². The first-order valence-electron chi connectivity index (χ1n) is 7.07. The molecule has 0 radical (unpaired) electrons. The molecule has 1 aromatic carbocycles. The van der Waals surface area contributed by atoms with Crippen molar-refractivity contribution >= 4 is 10.9 Å². The lowest BCUT2D eigenvalue weighted by molar-refractivity contribution is -0.731. The van der Waals surface area contributed by atoms with E-state index in [-0.39, 0.29) is 39.3 Å². The maximum atomic E-state index is 5.22. The number of ether oxygens (including phenoxy) is 2. The summed E-state index contributed by atoms with van der Waals surface area (Å²) in [5.74, 6) is 0.834. The van der Waals surface area contributed by atoms with Crippen LogP contribution in [-0.4, -0.2) is 19.2 Å². The fourth-order valence-electron chi connectivity index (χ4n) is 2.12. The largest absolute Gasteiger partial charge is 1.00 e. The molecule has 0 spiro atoms. The highest BCUT2D eigenvalue weighted by molar-refractivity contribution is 5.87. The van der Waals surface area contributed by atoms with Crippen LogP contribution in [0, 0.1) is 6.92 Å². The Labute approximate surface area is 169 Å². The molecule has 0 bridgehead atoms. The summed E-state index contributed by atoms with van der Waals surface area (Å²) in [7, 11) is 3.35. The lowest BCUT2D eigenvalue weighted by Crippen LogP contribution is -3.00. The maximum Gasteiger partial charge on any atom is 0.252 e. The van der Waals surface area contributed by atoms with E-state index < -0.39 is 0 Å². The molecule has 0 unspecified atom stereocenters. The zero-order valence-corrected chi connectivity index (χ0v) is 15.2. The van der Waals surface area contributed by atoms with Gasteiger partial charge in [-0.05, 0) is 24.6 Å². The molecule has 5 heteroatoms. The lowest BCUT2D eigenvalue weighted by Gasteiger charge is -2.05. The summed E-state index contributed by atoms with van der Waals surface area (Å²) in [6, 6.07) is 13.9. The van der Waals surface area contributed by atoms with Crippen LogP contribution in [0.2, 0.25) is 0 Å². The zero-order valence-electron chi connectivity index (χ0n) is 13.6. The van der Waals surface area contributed by atoms with Crippen molar-refractivity contribution in [3.8, 4) is 5.75 Å². The number of halogens is 1. The molecule has 0 amide bonds. The molecule has 0 atom stereocenters. The van der Waals surface area contributed by atoms with Gasteiger partial charge < -0.3 is 26.5 Å². The third-order valence-corrected chi connectivity index (χ3v) is 3.23. The minimum Gasteiger partial charge on any atom is -1.00 e. The van der Waals surface area contributed by atoms with E-state index in [9.17, 15) is 0 Å². The number of benzene rings is 1. The quantitative estimate of drug-likeness (QED) is 0.603. The van der Waals surface area contributed by atoms with Crippen LogP contribution >= 0.6 is 0 Å². The highest BCUT2D eigenvalue weighted by Gasteiger charge is 2.02. The standard InChI is InChI=1S/C11H11NO.C7H10NO.3CH4.BrH/c1-8-5-6-10(13-2)11-9(8)4-3-7-12-11;1-9-7-8-5-3-2-4-6-8;;;;/h3-7H,1-2H3;2-6H,7H2,1H3;3*1H4;1H/q;+1;;;;/p-1. The molecule has 0 N–H and O–H groups in total. The summed E-state index contributed by atoms with van der Waals surface area (Å²) in [4.78, 5) is 4.29. The van der Waals surface area contributed by atoms with Gasteiger partial charge in [-0.15, -0.1) is 0 Å². The zero-order chi connectivity index (χ0) is 15.8. The van der Waals surface area contributed by atoms with Crippen LogP contribution in [0.15, 0.2) is 61.1 Å². The second kappa shape index (κ2) is 15.3. The molecule has 0 fully saturated rings. The number of aromatic nitrogens is 2. The van der Waals surface area contributed by atoms with Crippen LogP contribution in [0.3, 0.4) is 0 Å². The van der Waals surface area contributed by atoms with Gasteiger partial charge in [0.05, 0.1) is 7.11 Å². The molecule has 4 nitrogen and oxygen atoms in total. The van der Waals surface area contributed by atoms with E-state index in [4.69, 9.17) is 9.47 Å². The summed E-state index contributed by atoms with van der Waals surface area (Å²) in [5.41, 5.74) is 2.16. The molecule has 0 saturated carbocycles. The Kier molecular flexibility index (Phi) is 16.9. The average Bonchev–Trinajstić information content (AvgIpc) is 2.57. The molecule has 3 aromatic rings. The first kappa shape index (κ1) is 28.8. The number of pyridine rings is 2.